The average molecular weight is 603 g/mol. The van der Waals surface area contributed by atoms with Crippen LogP contribution in [0.15, 0.2) is 113 Å². The lowest BCUT2D eigenvalue weighted by Gasteiger charge is -2.38. The van der Waals surface area contributed by atoms with Crippen molar-refractivity contribution < 1.29 is 14.2 Å². The highest BCUT2D eigenvalue weighted by Crippen LogP contribution is 2.32. The second-order valence-electron chi connectivity index (χ2n) is 11.4. The molecule has 2 N–H and O–H groups in total. The van der Waals surface area contributed by atoms with Gasteiger partial charge in [0, 0.05) is 43.4 Å². The Morgan fingerprint density at radius 3 is 2.49 bits per heavy atom. The molecule has 1 aliphatic carbocycles. The normalized spacial score (nSPS) is 15.6. The van der Waals surface area contributed by atoms with Crippen LogP contribution in [-0.4, -0.2) is 52.1 Å². The van der Waals surface area contributed by atoms with Crippen LogP contribution in [0.2, 0.25) is 0 Å². The molecule has 10 nitrogen and oxygen atoms in total. The lowest BCUT2D eigenvalue weighted by Crippen LogP contribution is -2.40. The Hall–Kier alpha value is -5.41. The van der Waals surface area contributed by atoms with Gasteiger partial charge >= 0.3 is 5.69 Å². The fourth-order valence-electron chi connectivity index (χ4n) is 5.31. The second kappa shape index (κ2) is 11.9. The number of imidazole rings is 1. The van der Waals surface area contributed by atoms with Gasteiger partial charge in [-0.25, -0.2) is 9.36 Å². The van der Waals surface area contributed by atoms with Crippen LogP contribution in [0.25, 0.3) is 11.4 Å². The highest BCUT2D eigenvalue weighted by molar-refractivity contribution is 6.13. The zero-order valence-corrected chi connectivity index (χ0v) is 25.4. The number of anilines is 2. The van der Waals surface area contributed by atoms with Crippen LogP contribution in [-0.2, 0) is 4.79 Å². The Kier molecular flexibility index (Phi) is 7.87. The summed E-state index contributed by atoms with van der Waals surface area (Å²) in [6, 6.07) is 23.7. The minimum Gasteiger partial charge on any atom is -0.633 e. The molecular formula is C35H34N6O4. The number of carbonyl (C=O) groups excluding carboxylic acids is 1. The third kappa shape index (κ3) is 6.03. The van der Waals surface area contributed by atoms with Crippen molar-refractivity contribution in [1.29, 1.82) is 5.41 Å². The van der Waals surface area contributed by atoms with Crippen molar-refractivity contribution in [3.63, 3.8) is 0 Å². The summed E-state index contributed by atoms with van der Waals surface area (Å²) in [7, 11) is 3.29. The maximum absolute atomic E-state index is 14.2. The minimum atomic E-state index is -0.393. The standard InChI is InChI=1S/C35H34N6O4/c1-24-20-21-37-34-33(32(24)36)39(25-14-18-30(19-15-25)45-29-11-5-4-6-12-29)35(43)40(34)27-10-7-9-26(23-27)38(2)31(42)13-8-22-41(3,44)28-16-17-28/h4-15,18-19,21,23,28,36-37H,16-17,22H2,1-3H3/b13-8+,36-32?. The van der Waals surface area contributed by atoms with Crippen molar-refractivity contribution in [3.05, 3.63) is 130 Å². The molecule has 228 valence electrons. The molecule has 2 heterocycles. The molecule has 0 saturated heterocycles. The van der Waals surface area contributed by atoms with Gasteiger partial charge in [0.2, 0.25) is 0 Å². The fraction of sp³-hybridized carbons (Fsp3) is 0.200. The number of quaternary nitrogens is 1. The number of nitrogens with zero attached hydrogens (tertiary/aromatic N) is 4. The first kappa shape index (κ1) is 29.7. The van der Waals surface area contributed by atoms with E-state index in [1.165, 1.54) is 20.1 Å². The molecule has 4 aromatic rings. The van der Waals surface area contributed by atoms with Crippen LogP contribution in [0.3, 0.4) is 0 Å². The number of fused-ring (bicyclic) bond motifs is 1. The summed E-state index contributed by atoms with van der Waals surface area (Å²) >= 11 is 0. The van der Waals surface area contributed by atoms with Crippen LogP contribution < -0.4 is 20.6 Å². The number of benzene rings is 3. The third-order valence-corrected chi connectivity index (χ3v) is 8.09. The predicted molar refractivity (Wildman–Crippen MR) is 176 cm³/mol. The summed E-state index contributed by atoms with van der Waals surface area (Å²) in [5, 5.41) is 24.7. The van der Waals surface area contributed by atoms with Crippen LogP contribution in [0.5, 0.6) is 11.5 Å². The van der Waals surface area contributed by atoms with E-state index in [4.69, 9.17) is 10.1 Å². The van der Waals surface area contributed by atoms with Gasteiger partial charge in [0.05, 0.1) is 36.7 Å². The maximum Gasteiger partial charge on any atom is 0.339 e. The number of hydroxylamine groups is 3. The van der Waals surface area contributed by atoms with Gasteiger partial charge in [0.1, 0.15) is 23.0 Å². The summed E-state index contributed by atoms with van der Waals surface area (Å²) in [6.07, 6.45) is 6.48. The first-order chi connectivity index (χ1) is 21.6. The number of hydrogen-bond acceptors (Lipinski definition) is 6. The average Bonchev–Trinajstić information content (AvgIpc) is 3.87. The quantitative estimate of drug-likeness (QED) is 0.107. The largest absolute Gasteiger partial charge is 0.633 e. The van der Waals surface area contributed by atoms with Crippen molar-refractivity contribution in [2.45, 2.75) is 25.8 Å². The topological polar surface area (TPSA) is 115 Å². The third-order valence-electron chi connectivity index (χ3n) is 8.09. The summed E-state index contributed by atoms with van der Waals surface area (Å²) in [4.78, 5) is 28.7. The SMILES string of the molecule is CC1=C=CNc2c(n(-c3ccc(Oc4ccccc4)cc3)c(=O)n2-c2cccc(N(C)C(=O)/C=C/C[N+](C)([O-])C3CC3)c2)C1=N. The molecule has 45 heavy (non-hydrogen) atoms. The number of para-hydroxylation sites is 1. The van der Waals surface area contributed by atoms with Gasteiger partial charge in [0.15, 0.2) is 0 Å². The van der Waals surface area contributed by atoms with Gasteiger partial charge in [0.25, 0.3) is 5.91 Å². The van der Waals surface area contributed by atoms with Crippen molar-refractivity contribution in [2.24, 2.45) is 0 Å². The molecule has 10 heteroatoms. The number of amides is 1. The number of allylic oxidation sites excluding steroid dienone is 1. The summed E-state index contributed by atoms with van der Waals surface area (Å²) in [5.41, 5.74) is 5.37. The zero-order chi connectivity index (χ0) is 31.7. The number of carbonyl (C=O) groups is 1. The monoisotopic (exact) mass is 602 g/mol. The first-order valence-electron chi connectivity index (χ1n) is 14.7. The minimum absolute atomic E-state index is 0.115. The van der Waals surface area contributed by atoms with Gasteiger partial charge < -0.3 is 24.8 Å². The Bertz CT molecular complexity index is 1920. The molecule has 1 atom stereocenters. The molecule has 1 unspecified atom stereocenters. The Morgan fingerprint density at radius 1 is 1.07 bits per heavy atom. The smallest absolute Gasteiger partial charge is 0.339 e. The van der Waals surface area contributed by atoms with E-state index in [0.29, 0.717) is 45.6 Å². The molecule has 6 rings (SSSR count). The van der Waals surface area contributed by atoms with E-state index >= 15 is 0 Å². The fourth-order valence-corrected chi connectivity index (χ4v) is 5.31. The molecule has 3 aromatic carbocycles. The molecule has 2 aliphatic rings. The first-order valence-corrected chi connectivity index (χ1v) is 14.7. The zero-order valence-electron chi connectivity index (χ0n) is 25.4. The molecule has 1 fully saturated rings. The van der Waals surface area contributed by atoms with E-state index in [2.05, 4.69) is 11.0 Å². The second-order valence-corrected chi connectivity index (χ2v) is 11.4. The van der Waals surface area contributed by atoms with Gasteiger partial charge in [-0.05, 0) is 67.6 Å². The van der Waals surface area contributed by atoms with Crippen molar-refractivity contribution in [3.8, 4) is 22.9 Å². The Balaban J connectivity index is 1.34. The van der Waals surface area contributed by atoms with Crippen LogP contribution in [0.4, 0.5) is 11.5 Å². The van der Waals surface area contributed by atoms with Gasteiger partial charge in [-0.15, -0.1) is 0 Å². The van der Waals surface area contributed by atoms with E-state index in [9.17, 15) is 14.8 Å². The molecule has 0 spiro atoms. The van der Waals surface area contributed by atoms with Gasteiger partial charge in [-0.3, -0.25) is 14.8 Å². The van der Waals surface area contributed by atoms with Crippen LogP contribution >= 0.6 is 0 Å². The molecular weight excluding hydrogens is 568 g/mol. The number of nitrogens with one attached hydrogen (secondary N) is 2. The van der Waals surface area contributed by atoms with E-state index in [0.717, 1.165) is 12.8 Å². The van der Waals surface area contributed by atoms with Crippen LogP contribution in [0, 0.1) is 10.6 Å². The van der Waals surface area contributed by atoms with Crippen molar-refractivity contribution >= 4 is 23.1 Å². The van der Waals surface area contributed by atoms with E-state index in [1.54, 1.807) is 81.8 Å². The van der Waals surface area contributed by atoms with E-state index in [-0.39, 0.29) is 28.9 Å². The molecule has 0 bridgehead atoms. The predicted octanol–water partition coefficient (Wildman–Crippen LogP) is 5.90. The number of hydrogen-bond donors (Lipinski definition) is 2. The number of likely N-dealkylation sites (N-methyl/N-ethyl adjacent to an activating group) is 2. The summed E-state index contributed by atoms with van der Waals surface area (Å²) < 4.78 is 8.54. The van der Waals surface area contributed by atoms with E-state index < -0.39 is 5.69 Å². The Morgan fingerprint density at radius 2 is 1.78 bits per heavy atom. The highest BCUT2D eigenvalue weighted by Gasteiger charge is 2.34. The maximum atomic E-state index is 14.2. The molecule has 1 saturated carbocycles. The molecule has 0 radical (unpaired) electrons. The lowest BCUT2D eigenvalue weighted by molar-refractivity contribution is -0.865. The highest BCUT2D eigenvalue weighted by atomic mass is 16.5. The Labute approximate surface area is 261 Å². The molecule has 1 aliphatic heterocycles. The molecule has 1 aromatic heterocycles. The van der Waals surface area contributed by atoms with Crippen molar-refractivity contribution in [2.75, 3.05) is 30.9 Å². The van der Waals surface area contributed by atoms with Crippen LogP contribution in [0.1, 0.15) is 25.5 Å². The summed E-state index contributed by atoms with van der Waals surface area (Å²) in [5.74, 6) is 1.42. The van der Waals surface area contributed by atoms with Gasteiger partial charge in [-0.1, -0.05) is 30.0 Å². The number of ether oxygens (including phenoxy) is 1. The van der Waals surface area contributed by atoms with E-state index in [1.807, 2.05) is 30.3 Å². The molecule has 1 amide bonds. The number of rotatable bonds is 9. The van der Waals surface area contributed by atoms with Crippen molar-refractivity contribution in [1.82, 2.24) is 9.13 Å². The number of aromatic nitrogens is 2. The summed E-state index contributed by atoms with van der Waals surface area (Å²) in [6.45, 7) is 2.00. The lowest BCUT2D eigenvalue weighted by atomic mass is 10.1. The van der Waals surface area contributed by atoms with Gasteiger partial charge in [-0.2, -0.15) is 0 Å².